The van der Waals surface area contributed by atoms with Crippen molar-refractivity contribution >= 4 is 11.9 Å². The van der Waals surface area contributed by atoms with Crippen LogP contribution in [0.4, 0.5) is 0 Å². The molecule has 9 nitrogen and oxygen atoms in total. The molecule has 1 aromatic carbocycles. The van der Waals surface area contributed by atoms with E-state index in [-0.39, 0.29) is 30.3 Å². The Morgan fingerprint density at radius 2 is 1.93 bits per heavy atom. The van der Waals surface area contributed by atoms with Gasteiger partial charge in [-0.2, -0.15) is 0 Å². The zero-order chi connectivity index (χ0) is 28.7. The lowest BCUT2D eigenvalue weighted by molar-refractivity contribution is -0.285. The van der Waals surface area contributed by atoms with Gasteiger partial charge in [-0.3, -0.25) is 4.79 Å². The van der Waals surface area contributed by atoms with Gasteiger partial charge in [-0.1, -0.05) is 31.1 Å². The molecule has 2 saturated heterocycles. The second-order valence-corrected chi connectivity index (χ2v) is 11.5. The Kier molecular flexibility index (Phi) is 10.0. The fourth-order valence-electron chi connectivity index (χ4n) is 6.25. The molecule has 6 unspecified atom stereocenters. The van der Waals surface area contributed by atoms with Crippen LogP contribution in [0.1, 0.15) is 83.1 Å². The van der Waals surface area contributed by atoms with Gasteiger partial charge in [0.2, 0.25) is 6.79 Å². The Morgan fingerprint density at radius 3 is 2.80 bits per heavy atom. The van der Waals surface area contributed by atoms with Crippen molar-refractivity contribution in [2.45, 2.75) is 120 Å². The minimum atomic E-state index is -0.995. The van der Waals surface area contributed by atoms with Crippen molar-refractivity contribution in [1.82, 2.24) is 0 Å². The lowest BCUT2D eigenvalue weighted by Crippen LogP contribution is -2.47. The number of aliphatic hydroxyl groups is 1. The molecule has 4 aliphatic heterocycles. The summed E-state index contributed by atoms with van der Waals surface area (Å²) in [5.41, 5.74) is 1.25. The molecule has 6 atom stereocenters. The maximum absolute atomic E-state index is 11.8. The lowest BCUT2D eigenvalue weighted by atomic mass is 9.92. The van der Waals surface area contributed by atoms with Gasteiger partial charge in [0, 0.05) is 32.3 Å². The van der Waals surface area contributed by atoms with Crippen LogP contribution in [0.15, 0.2) is 42.5 Å². The molecule has 0 aliphatic carbocycles. The molecule has 4 aliphatic rings. The molecule has 0 radical (unpaired) electrons. The maximum atomic E-state index is 11.8. The normalized spacial score (nSPS) is 29.1. The zero-order valence-corrected chi connectivity index (χ0v) is 23.8. The molecule has 1 aromatic rings. The highest BCUT2D eigenvalue weighted by Gasteiger charge is 2.53. The van der Waals surface area contributed by atoms with Crippen LogP contribution in [-0.4, -0.2) is 60.1 Å². The van der Waals surface area contributed by atoms with E-state index in [9.17, 15) is 14.7 Å². The van der Waals surface area contributed by atoms with Crippen molar-refractivity contribution in [3.63, 3.8) is 0 Å². The summed E-state index contributed by atoms with van der Waals surface area (Å²) in [4.78, 5) is 23.4. The number of rotatable bonds is 13. The van der Waals surface area contributed by atoms with E-state index in [1.165, 1.54) is 18.6 Å². The first kappa shape index (κ1) is 29.6. The van der Waals surface area contributed by atoms with Gasteiger partial charge in [-0.25, -0.2) is 4.79 Å². The summed E-state index contributed by atoms with van der Waals surface area (Å²) in [7, 11) is 0. The van der Waals surface area contributed by atoms with E-state index in [1.54, 1.807) is 6.08 Å². The Hall–Kier alpha value is -2.88. The predicted octanol–water partition coefficient (Wildman–Crippen LogP) is 5.07. The van der Waals surface area contributed by atoms with Crippen molar-refractivity contribution in [2.75, 3.05) is 6.79 Å². The Labute approximate surface area is 241 Å². The molecule has 0 bridgehead atoms. The van der Waals surface area contributed by atoms with Gasteiger partial charge in [-0.05, 0) is 68.7 Å². The number of benzene rings is 1. The van der Waals surface area contributed by atoms with Crippen molar-refractivity contribution in [3.05, 3.63) is 48.1 Å². The maximum Gasteiger partial charge on any atom is 0.330 e. The molecule has 5 rings (SSSR count). The van der Waals surface area contributed by atoms with Gasteiger partial charge >= 0.3 is 11.9 Å². The Balaban J connectivity index is 0.987. The average molecular weight is 571 g/mol. The highest BCUT2D eigenvalue weighted by Crippen LogP contribution is 2.44. The standard InChI is InChI=1S/C32H42O9/c1-22(33)38-25(18-26-17-24(34)19-32(40-26)20-30-28(41-32)14-15-31(35)39-30)11-9-7-5-3-2-4-6-8-10-23-12-13-27-29(16-23)37-21-36-27/h4,6,12-16,24-26,28,30,34H,2-3,5,7-11,17-21H2,1H3. The second-order valence-electron chi connectivity index (χ2n) is 11.5. The van der Waals surface area contributed by atoms with Crippen LogP contribution in [0.25, 0.3) is 0 Å². The van der Waals surface area contributed by atoms with E-state index in [0.29, 0.717) is 32.5 Å². The van der Waals surface area contributed by atoms with Crippen LogP contribution in [0, 0.1) is 0 Å². The molecular weight excluding hydrogens is 528 g/mol. The van der Waals surface area contributed by atoms with E-state index in [0.717, 1.165) is 62.9 Å². The van der Waals surface area contributed by atoms with Crippen LogP contribution in [-0.2, 0) is 35.0 Å². The van der Waals surface area contributed by atoms with Crippen molar-refractivity contribution in [3.8, 4) is 11.5 Å². The molecule has 0 saturated carbocycles. The summed E-state index contributed by atoms with van der Waals surface area (Å²) in [5.74, 6) is -0.0368. The summed E-state index contributed by atoms with van der Waals surface area (Å²) < 4.78 is 34.3. The molecule has 4 heterocycles. The molecule has 1 spiro atoms. The predicted molar refractivity (Wildman–Crippen MR) is 149 cm³/mol. The molecular formula is C32H42O9. The Bertz CT molecular complexity index is 1110. The fraction of sp³-hybridized carbons (Fsp3) is 0.625. The summed E-state index contributed by atoms with van der Waals surface area (Å²) in [6.07, 6.45) is 15.3. The third-order valence-corrected chi connectivity index (χ3v) is 8.09. The van der Waals surface area contributed by atoms with Gasteiger partial charge in [0.15, 0.2) is 17.3 Å². The second kappa shape index (κ2) is 13.9. The van der Waals surface area contributed by atoms with Gasteiger partial charge < -0.3 is 33.5 Å². The molecule has 1 N–H and O–H groups in total. The third kappa shape index (κ3) is 8.33. The molecule has 224 valence electrons. The minimum absolute atomic E-state index is 0.280. The highest BCUT2D eigenvalue weighted by molar-refractivity contribution is 5.83. The summed E-state index contributed by atoms with van der Waals surface area (Å²) >= 11 is 0. The lowest BCUT2D eigenvalue weighted by Gasteiger charge is -2.41. The largest absolute Gasteiger partial charge is 0.462 e. The van der Waals surface area contributed by atoms with Crippen molar-refractivity contribution in [2.24, 2.45) is 0 Å². The van der Waals surface area contributed by atoms with Crippen molar-refractivity contribution in [1.29, 1.82) is 0 Å². The number of carbonyl (C=O) groups is 2. The van der Waals surface area contributed by atoms with Gasteiger partial charge in [0.1, 0.15) is 18.3 Å². The molecule has 0 amide bonds. The summed E-state index contributed by atoms with van der Waals surface area (Å²) in [6, 6.07) is 6.13. The van der Waals surface area contributed by atoms with Crippen LogP contribution in [0.5, 0.6) is 11.5 Å². The minimum Gasteiger partial charge on any atom is -0.462 e. The average Bonchev–Trinajstić information content (AvgIpc) is 3.52. The summed E-state index contributed by atoms with van der Waals surface area (Å²) in [5, 5.41) is 10.6. The quantitative estimate of drug-likeness (QED) is 0.197. The number of carbonyl (C=O) groups excluding carboxylic acids is 2. The molecule has 41 heavy (non-hydrogen) atoms. The van der Waals surface area contributed by atoms with Crippen LogP contribution >= 0.6 is 0 Å². The molecule has 2 fully saturated rings. The topological polar surface area (TPSA) is 110 Å². The number of aryl methyl sites for hydroxylation is 1. The third-order valence-electron chi connectivity index (χ3n) is 8.09. The van der Waals surface area contributed by atoms with Crippen molar-refractivity contribution < 1.29 is 43.1 Å². The summed E-state index contributed by atoms with van der Waals surface area (Å²) in [6.45, 7) is 1.73. The number of ether oxygens (including phenoxy) is 6. The smallest absolute Gasteiger partial charge is 0.330 e. The van der Waals surface area contributed by atoms with E-state index < -0.39 is 18.0 Å². The van der Waals surface area contributed by atoms with Gasteiger partial charge in [-0.15, -0.1) is 0 Å². The number of hydrogen-bond donors (Lipinski definition) is 1. The van der Waals surface area contributed by atoms with E-state index in [2.05, 4.69) is 24.3 Å². The van der Waals surface area contributed by atoms with Crippen LogP contribution in [0.2, 0.25) is 0 Å². The Morgan fingerprint density at radius 1 is 1.10 bits per heavy atom. The molecule has 0 aromatic heterocycles. The highest BCUT2D eigenvalue weighted by atomic mass is 16.7. The number of hydrogen-bond acceptors (Lipinski definition) is 9. The van der Waals surface area contributed by atoms with E-state index in [4.69, 9.17) is 28.4 Å². The number of aliphatic hydroxyl groups excluding tert-OH is 1. The number of fused-ring (bicyclic) bond motifs is 2. The van der Waals surface area contributed by atoms with Crippen LogP contribution < -0.4 is 9.47 Å². The number of allylic oxidation sites excluding steroid dienone is 2. The van der Waals surface area contributed by atoms with Gasteiger partial charge in [0.25, 0.3) is 0 Å². The fourth-order valence-corrected chi connectivity index (χ4v) is 6.25. The number of esters is 2. The first-order valence-electron chi connectivity index (χ1n) is 15.0. The monoisotopic (exact) mass is 570 g/mol. The zero-order valence-electron chi connectivity index (χ0n) is 23.8. The molecule has 9 heteroatoms. The van der Waals surface area contributed by atoms with Crippen LogP contribution in [0.3, 0.4) is 0 Å². The van der Waals surface area contributed by atoms with Gasteiger partial charge in [0.05, 0.1) is 12.2 Å². The first-order valence-corrected chi connectivity index (χ1v) is 15.0. The number of unbranched alkanes of at least 4 members (excludes halogenated alkanes) is 4. The first-order chi connectivity index (χ1) is 19.9. The van der Waals surface area contributed by atoms with E-state index in [1.807, 2.05) is 6.07 Å². The van der Waals surface area contributed by atoms with E-state index >= 15 is 0 Å². The SMILES string of the molecule is CC(=O)OC(CCCCCCC=CCCc1ccc2c(c1)OCO2)CC1CC(O)CC2(CC3OC(=O)C=CC3O2)O1.